The minimum absolute atomic E-state index is 0.508. The normalized spacial score (nSPS) is 10.9. The van der Waals surface area contributed by atoms with Crippen LogP contribution >= 0.6 is 0 Å². The van der Waals surface area contributed by atoms with Crippen molar-refractivity contribution in [1.82, 2.24) is 9.97 Å². The molecule has 3 aromatic rings. The minimum atomic E-state index is 0.508. The Hall–Kier alpha value is -2.68. The molecule has 3 nitrogen and oxygen atoms in total. The molecule has 0 radical (unpaired) electrons. The molecular formula is C29H38N2O. The largest absolute Gasteiger partial charge is 0.472 e. The summed E-state index contributed by atoms with van der Waals surface area (Å²) in [6.07, 6.45) is 16.4. The number of nitrogens with zero attached hydrogens (tertiary/aromatic N) is 2. The third-order valence-corrected chi connectivity index (χ3v) is 5.90. The number of unbranched alkanes of at least 4 members (excludes halogenated alkanes) is 6. The fourth-order valence-electron chi connectivity index (χ4n) is 3.92. The third kappa shape index (κ3) is 8.11. The van der Waals surface area contributed by atoms with Crippen molar-refractivity contribution in [3.8, 4) is 17.1 Å². The smallest absolute Gasteiger partial charge is 0.232 e. The van der Waals surface area contributed by atoms with Gasteiger partial charge in [-0.25, -0.2) is 9.97 Å². The van der Waals surface area contributed by atoms with E-state index in [-0.39, 0.29) is 0 Å². The highest BCUT2D eigenvalue weighted by Crippen LogP contribution is 2.20. The number of aryl methyl sites for hydroxylation is 2. The first-order valence-corrected chi connectivity index (χ1v) is 12.4. The van der Waals surface area contributed by atoms with Gasteiger partial charge >= 0.3 is 0 Å². The topological polar surface area (TPSA) is 35.0 Å². The lowest BCUT2D eigenvalue weighted by Gasteiger charge is -2.07. The lowest BCUT2D eigenvalue weighted by atomic mass is 10.0. The van der Waals surface area contributed by atoms with Gasteiger partial charge in [0.2, 0.25) is 5.88 Å². The molecule has 170 valence electrons. The van der Waals surface area contributed by atoms with E-state index < -0.39 is 0 Å². The molecule has 0 aliphatic carbocycles. The van der Waals surface area contributed by atoms with Gasteiger partial charge in [-0.05, 0) is 36.0 Å². The number of aromatic nitrogens is 2. The Morgan fingerprint density at radius 1 is 0.594 bits per heavy atom. The quantitative estimate of drug-likeness (QED) is 0.243. The number of rotatable bonds is 14. The van der Waals surface area contributed by atoms with Crippen LogP contribution in [0.4, 0.5) is 0 Å². The summed E-state index contributed by atoms with van der Waals surface area (Å²) in [5.74, 6) is 0.557. The first-order valence-electron chi connectivity index (χ1n) is 12.4. The van der Waals surface area contributed by atoms with Crippen molar-refractivity contribution in [2.24, 2.45) is 0 Å². The maximum atomic E-state index is 5.81. The molecule has 0 unspecified atom stereocenters. The summed E-state index contributed by atoms with van der Waals surface area (Å²) in [5, 5.41) is 0. The van der Waals surface area contributed by atoms with E-state index in [9.17, 15) is 0 Å². The summed E-state index contributed by atoms with van der Waals surface area (Å²) in [5.41, 5.74) is 5.89. The molecular weight excluding hydrogens is 392 g/mol. The number of benzene rings is 2. The van der Waals surface area contributed by atoms with Crippen molar-refractivity contribution in [3.63, 3.8) is 0 Å². The Morgan fingerprint density at radius 2 is 1.22 bits per heavy atom. The molecule has 0 bridgehead atoms. The molecule has 1 aromatic heterocycles. The molecule has 32 heavy (non-hydrogen) atoms. The highest BCUT2D eigenvalue weighted by atomic mass is 16.5. The van der Waals surface area contributed by atoms with E-state index >= 15 is 0 Å². The average Bonchev–Trinajstić information content (AvgIpc) is 2.84. The summed E-state index contributed by atoms with van der Waals surface area (Å²) >= 11 is 0. The van der Waals surface area contributed by atoms with E-state index in [0.717, 1.165) is 29.7 Å². The highest BCUT2D eigenvalue weighted by molar-refractivity contribution is 5.58. The molecule has 3 rings (SSSR count). The predicted molar refractivity (Wildman–Crippen MR) is 134 cm³/mol. The van der Waals surface area contributed by atoms with E-state index in [0.29, 0.717) is 12.5 Å². The first-order chi connectivity index (χ1) is 15.8. The van der Waals surface area contributed by atoms with Gasteiger partial charge in [-0.1, -0.05) is 107 Å². The van der Waals surface area contributed by atoms with Gasteiger partial charge in [-0.15, -0.1) is 0 Å². The van der Waals surface area contributed by atoms with Crippen LogP contribution < -0.4 is 4.74 Å². The van der Waals surface area contributed by atoms with Crippen LogP contribution in [0.15, 0.2) is 60.9 Å². The van der Waals surface area contributed by atoms with Gasteiger partial charge in [0.15, 0.2) is 0 Å². The molecule has 0 N–H and O–H groups in total. The highest BCUT2D eigenvalue weighted by Gasteiger charge is 2.04. The van der Waals surface area contributed by atoms with Gasteiger partial charge in [-0.3, -0.25) is 0 Å². The van der Waals surface area contributed by atoms with Crippen molar-refractivity contribution in [2.75, 3.05) is 0 Å². The number of hydrogen-bond acceptors (Lipinski definition) is 3. The summed E-state index contributed by atoms with van der Waals surface area (Å²) < 4.78 is 5.81. The Morgan fingerprint density at radius 3 is 1.88 bits per heavy atom. The second-order valence-electron chi connectivity index (χ2n) is 8.66. The molecule has 0 saturated carbocycles. The van der Waals surface area contributed by atoms with Gasteiger partial charge < -0.3 is 4.74 Å². The number of ether oxygens (including phenoxy) is 1. The standard InChI is InChI=1S/C29H38N2O/c1-3-5-6-7-8-9-10-12-25-17-19-27(20-18-25)28-21-31-29(22-30-28)32-23-26-15-13-24(11-4-2)14-16-26/h13-22H,3-12,23H2,1-2H3. The molecule has 2 aromatic carbocycles. The molecule has 0 aliphatic rings. The van der Waals surface area contributed by atoms with Crippen molar-refractivity contribution in [1.29, 1.82) is 0 Å². The van der Waals surface area contributed by atoms with E-state index in [1.165, 1.54) is 62.5 Å². The van der Waals surface area contributed by atoms with Crippen molar-refractivity contribution in [2.45, 2.75) is 84.7 Å². The second-order valence-corrected chi connectivity index (χ2v) is 8.66. The molecule has 0 fully saturated rings. The van der Waals surface area contributed by atoms with Crippen LogP contribution in [-0.2, 0) is 19.4 Å². The van der Waals surface area contributed by atoms with Gasteiger partial charge in [-0.2, -0.15) is 0 Å². The zero-order valence-electron chi connectivity index (χ0n) is 19.9. The molecule has 0 amide bonds. The lowest BCUT2D eigenvalue weighted by molar-refractivity contribution is 0.292. The van der Waals surface area contributed by atoms with Crippen molar-refractivity contribution in [3.05, 3.63) is 77.6 Å². The van der Waals surface area contributed by atoms with Gasteiger partial charge in [0, 0.05) is 5.56 Å². The van der Waals surface area contributed by atoms with Crippen molar-refractivity contribution >= 4 is 0 Å². The van der Waals surface area contributed by atoms with Crippen LogP contribution in [0.5, 0.6) is 5.88 Å². The zero-order chi connectivity index (χ0) is 22.4. The monoisotopic (exact) mass is 430 g/mol. The summed E-state index contributed by atoms with van der Waals surface area (Å²) in [6, 6.07) is 17.4. The van der Waals surface area contributed by atoms with Crippen molar-refractivity contribution < 1.29 is 4.74 Å². The molecule has 0 aliphatic heterocycles. The number of hydrogen-bond donors (Lipinski definition) is 0. The Bertz CT molecular complexity index is 886. The zero-order valence-corrected chi connectivity index (χ0v) is 19.9. The molecule has 0 atom stereocenters. The lowest BCUT2D eigenvalue weighted by Crippen LogP contribution is -1.98. The Balaban J connectivity index is 1.43. The molecule has 0 spiro atoms. The fourth-order valence-corrected chi connectivity index (χ4v) is 3.92. The van der Waals surface area contributed by atoms with E-state index in [4.69, 9.17) is 4.74 Å². The predicted octanol–water partition coefficient (Wildman–Crippen LogP) is 7.97. The van der Waals surface area contributed by atoms with E-state index in [2.05, 4.69) is 72.3 Å². The SMILES string of the molecule is CCCCCCCCCc1ccc(-c2cnc(OCc3ccc(CCC)cc3)cn2)cc1. The van der Waals surface area contributed by atoms with Crippen LogP contribution in [0.2, 0.25) is 0 Å². The fraction of sp³-hybridized carbons (Fsp3) is 0.448. The molecule has 1 heterocycles. The Kier molecular flexibility index (Phi) is 10.2. The van der Waals surface area contributed by atoms with Crippen LogP contribution in [0, 0.1) is 0 Å². The van der Waals surface area contributed by atoms with Gasteiger partial charge in [0.1, 0.15) is 6.61 Å². The second kappa shape index (κ2) is 13.7. The van der Waals surface area contributed by atoms with E-state index in [1.54, 1.807) is 12.4 Å². The summed E-state index contributed by atoms with van der Waals surface area (Å²) in [7, 11) is 0. The molecule has 3 heteroatoms. The minimum Gasteiger partial charge on any atom is -0.472 e. The van der Waals surface area contributed by atoms with E-state index in [1.807, 2.05) is 0 Å². The van der Waals surface area contributed by atoms with Gasteiger partial charge in [0.25, 0.3) is 0 Å². The first kappa shape index (κ1) is 24.0. The molecule has 0 saturated heterocycles. The maximum Gasteiger partial charge on any atom is 0.232 e. The third-order valence-electron chi connectivity index (χ3n) is 5.90. The van der Waals surface area contributed by atoms with Crippen LogP contribution in [0.25, 0.3) is 11.3 Å². The summed E-state index contributed by atoms with van der Waals surface area (Å²) in [4.78, 5) is 9.00. The van der Waals surface area contributed by atoms with Crippen LogP contribution in [0.3, 0.4) is 0 Å². The Labute approximate surface area is 194 Å². The average molecular weight is 431 g/mol. The maximum absolute atomic E-state index is 5.81. The van der Waals surface area contributed by atoms with Crippen LogP contribution in [0.1, 0.15) is 81.9 Å². The van der Waals surface area contributed by atoms with Gasteiger partial charge in [0.05, 0.1) is 18.1 Å². The summed E-state index contributed by atoms with van der Waals surface area (Å²) in [6.45, 7) is 4.98. The van der Waals surface area contributed by atoms with Crippen LogP contribution in [-0.4, -0.2) is 9.97 Å².